The molecule has 1 amide bonds. The number of aromatic nitrogens is 2. The van der Waals surface area contributed by atoms with Crippen molar-refractivity contribution < 1.29 is 4.79 Å². The van der Waals surface area contributed by atoms with Crippen molar-refractivity contribution in [1.29, 1.82) is 0 Å². The van der Waals surface area contributed by atoms with Crippen molar-refractivity contribution in [3.63, 3.8) is 0 Å². The van der Waals surface area contributed by atoms with Gasteiger partial charge in [0.1, 0.15) is 5.69 Å². The average molecular weight is 287 g/mol. The Morgan fingerprint density at radius 1 is 1.45 bits per heavy atom. The van der Waals surface area contributed by atoms with E-state index in [0.29, 0.717) is 11.6 Å². The summed E-state index contributed by atoms with van der Waals surface area (Å²) in [5.41, 5.74) is 1.53. The maximum Gasteiger partial charge on any atom is 0.272 e. The molecule has 2 aromatic rings. The molecule has 0 aliphatic carbocycles. The number of carbonyl (C=O) groups is 1. The van der Waals surface area contributed by atoms with Gasteiger partial charge in [-0.2, -0.15) is 0 Å². The number of hydrogen-bond acceptors (Lipinski definition) is 4. The lowest BCUT2D eigenvalue weighted by atomic mass is 10.1. The summed E-state index contributed by atoms with van der Waals surface area (Å²) >= 11 is 1.69. The average Bonchev–Trinajstić information content (AvgIpc) is 3.11. The Bertz CT molecular complexity index is 597. The lowest BCUT2D eigenvalue weighted by Crippen LogP contribution is -2.30. The van der Waals surface area contributed by atoms with Gasteiger partial charge in [-0.15, -0.1) is 11.3 Å². The number of nitrogens with zero attached hydrogens (tertiary/aromatic N) is 3. The van der Waals surface area contributed by atoms with E-state index in [0.717, 1.165) is 31.5 Å². The number of carbonyl (C=O) groups excluding carboxylic acids is 1. The van der Waals surface area contributed by atoms with E-state index in [9.17, 15) is 4.79 Å². The standard InChI is InChI=1S/C15H17N3OS/c1-11-3-2-5-17-14(11)15(19)18-7-4-12(10-18)9-13-16-6-8-20-13/h2-3,5-6,8,12H,4,7,9-10H2,1H3/t12-/m0/s1. The molecule has 1 aliphatic rings. The summed E-state index contributed by atoms with van der Waals surface area (Å²) in [7, 11) is 0. The van der Waals surface area contributed by atoms with Crippen LogP contribution < -0.4 is 0 Å². The minimum atomic E-state index is 0.0599. The van der Waals surface area contributed by atoms with Gasteiger partial charge in [0.05, 0.1) is 5.01 Å². The van der Waals surface area contributed by atoms with Crippen molar-refractivity contribution in [1.82, 2.24) is 14.9 Å². The molecule has 0 radical (unpaired) electrons. The number of aryl methyl sites for hydroxylation is 1. The van der Waals surface area contributed by atoms with Crippen molar-refractivity contribution in [2.24, 2.45) is 5.92 Å². The van der Waals surface area contributed by atoms with E-state index in [2.05, 4.69) is 9.97 Å². The van der Waals surface area contributed by atoms with Gasteiger partial charge < -0.3 is 4.90 Å². The van der Waals surface area contributed by atoms with Crippen LogP contribution in [0.25, 0.3) is 0 Å². The summed E-state index contributed by atoms with van der Waals surface area (Å²) in [5.74, 6) is 0.582. The maximum absolute atomic E-state index is 12.5. The Kier molecular flexibility index (Phi) is 3.78. The van der Waals surface area contributed by atoms with Gasteiger partial charge >= 0.3 is 0 Å². The first kappa shape index (κ1) is 13.2. The van der Waals surface area contributed by atoms with Crippen LogP contribution in [0.15, 0.2) is 29.9 Å². The molecular weight excluding hydrogens is 270 g/mol. The Balaban J connectivity index is 1.65. The fourth-order valence-corrected chi connectivity index (χ4v) is 3.38. The molecule has 0 bridgehead atoms. The summed E-state index contributed by atoms with van der Waals surface area (Å²) in [6, 6.07) is 3.80. The normalized spacial score (nSPS) is 18.4. The van der Waals surface area contributed by atoms with E-state index in [1.807, 2.05) is 35.5 Å². The van der Waals surface area contributed by atoms with Crippen LogP contribution in [0.5, 0.6) is 0 Å². The van der Waals surface area contributed by atoms with Crippen molar-refractivity contribution in [2.45, 2.75) is 19.8 Å². The van der Waals surface area contributed by atoms with Crippen LogP contribution in [0.4, 0.5) is 0 Å². The number of pyridine rings is 1. The van der Waals surface area contributed by atoms with Gasteiger partial charge in [0, 0.05) is 37.3 Å². The molecule has 20 heavy (non-hydrogen) atoms. The zero-order valence-corrected chi connectivity index (χ0v) is 12.3. The second-order valence-corrected chi connectivity index (χ2v) is 6.18. The predicted molar refractivity (Wildman–Crippen MR) is 78.8 cm³/mol. The number of amides is 1. The van der Waals surface area contributed by atoms with Crippen LogP contribution in [0.3, 0.4) is 0 Å². The van der Waals surface area contributed by atoms with Crippen LogP contribution in [0, 0.1) is 12.8 Å². The number of likely N-dealkylation sites (tertiary alicyclic amines) is 1. The Morgan fingerprint density at radius 3 is 3.10 bits per heavy atom. The van der Waals surface area contributed by atoms with Gasteiger partial charge in [0.25, 0.3) is 5.91 Å². The van der Waals surface area contributed by atoms with Crippen LogP contribution in [0.1, 0.15) is 27.5 Å². The first-order chi connectivity index (χ1) is 9.74. The molecule has 0 N–H and O–H groups in total. The zero-order valence-electron chi connectivity index (χ0n) is 11.5. The van der Waals surface area contributed by atoms with E-state index in [4.69, 9.17) is 0 Å². The molecule has 1 atom stereocenters. The van der Waals surface area contributed by atoms with Gasteiger partial charge in [0.15, 0.2) is 0 Å². The van der Waals surface area contributed by atoms with E-state index in [1.54, 1.807) is 17.5 Å². The summed E-state index contributed by atoms with van der Waals surface area (Å²) in [6.07, 6.45) is 5.55. The highest BCUT2D eigenvalue weighted by atomic mass is 32.1. The van der Waals surface area contributed by atoms with E-state index in [-0.39, 0.29) is 5.91 Å². The second-order valence-electron chi connectivity index (χ2n) is 5.20. The summed E-state index contributed by atoms with van der Waals surface area (Å²) in [4.78, 5) is 22.9. The third kappa shape index (κ3) is 2.72. The van der Waals surface area contributed by atoms with Gasteiger partial charge in [-0.25, -0.2) is 4.98 Å². The van der Waals surface area contributed by atoms with Crippen LogP contribution in [-0.4, -0.2) is 33.9 Å². The number of thiazole rings is 1. The molecule has 4 nitrogen and oxygen atoms in total. The first-order valence-electron chi connectivity index (χ1n) is 6.83. The lowest BCUT2D eigenvalue weighted by molar-refractivity contribution is 0.0780. The smallest absolute Gasteiger partial charge is 0.272 e. The second kappa shape index (κ2) is 5.71. The molecule has 3 rings (SSSR count). The minimum absolute atomic E-state index is 0.0599. The molecule has 0 unspecified atom stereocenters. The van der Waals surface area contributed by atoms with Crippen LogP contribution in [0.2, 0.25) is 0 Å². The third-order valence-electron chi connectivity index (χ3n) is 3.73. The number of hydrogen-bond donors (Lipinski definition) is 0. The first-order valence-corrected chi connectivity index (χ1v) is 7.71. The van der Waals surface area contributed by atoms with Crippen molar-refractivity contribution >= 4 is 17.2 Å². The van der Waals surface area contributed by atoms with E-state index >= 15 is 0 Å². The van der Waals surface area contributed by atoms with Crippen molar-refractivity contribution in [3.8, 4) is 0 Å². The van der Waals surface area contributed by atoms with E-state index in [1.165, 1.54) is 5.01 Å². The maximum atomic E-state index is 12.5. The molecule has 104 valence electrons. The quantitative estimate of drug-likeness (QED) is 0.871. The highest BCUT2D eigenvalue weighted by molar-refractivity contribution is 7.09. The van der Waals surface area contributed by atoms with Gasteiger partial charge in [0.2, 0.25) is 0 Å². The predicted octanol–water partition coefficient (Wildman–Crippen LogP) is 2.55. The van der Waals surface area contributed by atoms with Crippen LogP contribution in [-0.2, 0) is 6.42 Å². The molecule has 0 aromatic carbocycles. The SMILES string of the molecule is Cc1cccnc1C(=O)N1CC[C@@H](Cc2nccs2)C1. The minimum Gasteiger partial charge on any atom is -0.337 e. The third-order valence-corrected chi connectivity index (χ3v) is 4.53. The zero-order chi connectivity index (χ0) is 13.9. The van der Waals surface area contributed by atoms with Gasteiger partial charge in [-0.1, -0.05) is 6.07 Å². The molecule has 0 saturated carbocycles. The highest BCUT2D eigenvalue weighted by Gasteiger charge is 2.28. The Morgan fingerprint density at radius 2 is 2.35 bits per heavy atom. The van der Waals surface area contributed by atoms with Crippen LogP contribution >= 0.6 is 11.3 Å². The fraction of sp³-hybridized carbons (Fsp3) is 0.400. The monoisotopic (exact) mass is 287 g/mol. The molecule has 2 aromatic heterocycles. The number of rotatable bonds is 3. The molecule has 1 fully saturated rings. The molecule has 0 spiro atoms. The lowest BCUT2D eigenvalue weighted by Gasteiger charge is -2.16. The Hall–Kier alpha value is -1.75. The largest absolute Gasteiger partial charge is 0.337 e. The van der Waals surface area contributed by atoms with Crippen molar-refractivity contribution in [2.75, 3.05) is 13.1 Å². The topological polar surface area (TPSA) is 46.1 Å². The highest BCUT2D eigenvalue weighted by Crippen LogP contribution is 2.23. The summed E-state index contributed by atoms with van der Waals surface area (Å²) in [5, 5.41) is 3.17. The molecule has 1 saturated heterocycles. The van der Waals surface area contributed by atoms with Crippen molar-refractivity contribution in [3.05, 3.63) is 46.2 Å². The molecule has 1 aliphatic heterocycles. The fourth-order valence-electron chi connectivity index (χ4n) is 2.64. The van der Waals surface area contributed by atoms with E-state index < -0.39 is 0 Å². The van der Waals surface area contributed by atoms with Gasteiger partial charge in [-0.3, -0.25) is 9.78 Å². The molecular formula is C15H17N3OS. The summed E-state index contributed by atoms with van der Waals surface area (Å²) in [6.45, 7) is 3.57. The Labute approximate surface area is 122 Å². The van der Waals surface area contributed by atoms with Gasteiger partial charge in [-0.05, 0) is 30.9 Å². The molecule has 5 heteroatoms. The molecule has 3 heterocycles. The summed E-state index contributed by atoms with van der Waals surface area (Å²) < 4.78 is 0.